The summed E-state index contributed by atoms with van der Waals surface area (Å²) in [5.74, 6) is -6.11. The Kier molecular flexibility index (Phi) is 5.73. The smallest absolute Gasteiger partial charge is 0.268 e. The first kappa shape index (κ1) is 24.2. The molecule has 1 aliphatic heterocycles. The van der Waals surface area contributed by atoms with E-state index in [-0.39, 0.29) is 46.1 Å². The number of halogens is 5. The normalized spacial score (nSPS) is 19.4. The minimum absolute atomic E-state index is 0.00536. The van der Waals surface area contributed by atoms with Gasteiger partial charge in [-0.15, -0.1) is 10.2 Å². The predicted octanol–water partition coefficient (Wildman–Crippen LogP) is 3.75. The first-order valence-corrected chi connectivity index (χ1v) is 11.1. The number of nitrogens with zero attached hydrogens (tertiary/aromatic N) is 7. The molecule has 0 radical (unpaired) electrons. The second-order valence-corrected chi connectivity index (χ2v) is 8.97. The number of hydrogen-bond donors (Lipinski definition) is 1. The Hall–Kier alpha value is -3.55. The number of anilines is 1. The second-order valence-electron chi connectivity index (χ2n) is 8.97. The first-order valence-electron chi connectivity index (χ1n) is 11.1. The molecule has 4 aromatic rings. The van der Waals surface area contributed by atoms with E-state index in [2.05, 4.69) is 20.4 Å². The summed E-state index contributed by atoms with van der Waals surface area (Å²) in [4.78, 5) is 5.48. The Balaban J connectivity index is 1.80. The standard InChI is InChI=1S/C22H23F5N8O/c1-10(19(24)25)34-14-8-11(4-5-13(14)30-32-34)15-16(23)17(12-6-7-33(2)9-22(12,26)27)35-18(15)20(36-3)29-21(28)31-35/h4-5,8,10,12,19H,6-7,9H2,1-3H3,(H2,28,31)/t10-,12+/m0/s1. The van der Waals surface area contributed by atoms with Gasteiger partial charge >= 0.3 is 0 Å². The van der Waals surface area contributed by atoms with Crippen LogP contribution in [-0.2, 0) is 0 Å². The van der Waals surface area contributed by atoms with E-state index in [9.17, 15) is 8.78 Å². The van der Waals surface area contributed by atoms with Crippen molar-refractivity contribution in [2.75, 3.05) is 33.0 Å². The van der Waals surface area contributed by atoms with Gasteiger partial charge in [0.25, 0.3) is 12.3 Å². The minimum atomic E-state index is -3.26. The van der Waals surface area contributed by atoms with Crippen LogP contribution in [0.3, 0.4) is 0 Å². The van der Waals surface area contributed by atoms with Crippen LogP contribution in [0.15, 0.2) is 18.2 Å². The molecule has 1 aliphatic rings. The number of ether oxygens (including phenoxy) is 1. The number of alkyl halides is 4. The van der Waals surface area contributed by atoms with Crippen molar-refractivity contribution >= 4 is 22.5 Å². The molecule has 1 aromatic carbocycles. The molecule has 0 amide bonds. The Morgan fingerprint density at radius 2 is 2.00 bits per heavy atom. The van der Waals surface area contributed by atoms with Crippen LogP contribution in [-0.4, -0.2) is 74.1 Å². The zero-order chi connectivity index (χ0) is 25.9. The van der Waals surface area contributed by atoms with Crippen molar-refractivity contribution in [2.24, 2.45) is 0 Å². The summed E-state index contributed by atoms with van der Waals surface area (Å²) in [6.07, 6.45) is -2.75. The van der Waals surface area contributed by atoms with Gasteiger partial charge in [-0.3, -0.25) is 0 Å². The van der Waals surface area contributed by atoms with Gasteiger partial charge in [0.15, 0.2) is 5.82 Å². The molecule has 1 saturated heterocycles. The maximum atomic E-state index is 16.3. The van der Waals surface area contributed by atoms with Crippen LogP contribution < -0.4 is 10.5 Å². The summed E-state index contributed by atoms with van der Waals surface area (Å²) >= 11 is 0. The van der Waals surface area contributed by atoms with Crippen LogP contribution in [0, 0.1) is 5.82 Å². The van der Waals surface area contributed by atoms with Gasteiger partial charge in [-0.2, -0.15) is 4.98 Å². The van der Waals surface area contributed by atoms with E-state index >= 15 is 13.2 Å². The van der Waals surface area contributed by atoms with Gasteiger partial charge in [0.2, 0.25) is 11.8 Å². The van der Waals surface area contributed by atoms with Crippen LogP contribution in [0.25, 0.3) is 27.7 Å². The number of nitrogens with two attached hydrogens (primary N) is 1. The highest BCUT2D eigenvalue weighted by atomic mass is 19.3. The lowest BCUT2D eigenvalue weighted by molar-refractivity contribution is -0.0788. The van der Waals surface area contributed by atoms with Gasteiger partial charge in [0.05, 0.1) is 36.3 Å². The molecule has 14 heteroatoms. The quantitative estimate of drug-likeness (QED) is 0.408. The third kappa shape index (κ3) is 3.70. The number of piperidine rings is 1. The molecular weight excluding hydrogens is 487 g/mol. The number of methoxy groups -OCH3 is 1. The molecule has 2 N–H and O–H groups in total. The molecule has 3 aromatic heterocycles. The highest BCUT2D eigenvalue weighted by Crippen LogP contribution is 2.46. The molecule has 9 nitrogen and oxygen atoms in total. The highest BCUT2D eigenvalue weighted by Gasteiger charge is 2.48. The number of hydrogen-bond acceptors (Lipinski definition) is 7. The average Bonchev–Trinajstić information content (AvgIpc) is 3.35. The van der Waals surface area contributed by atoms with Crippen molar-refractivity contribution in [1.29, 1.82) is 0 Å². The van der Waals surface area contributed by atoms with Crippen molar-refractivity contribution < 1.29 is 26.7 Å². The van der Waals surface area contributed by atoms with Gasteiger partial charge in [-0.05, 0) is 44.6 Å². The summed E-state index contributed by atoms with van der Waals surface area (Å²) < 4.78 is 80.8. The van der Waals surface area contributed by atoms with Crippen LogP contribution in [0.4, 0.5) is 27.9 Å². The molecule has 192 valence electrons. The minimum Gasteiger partial charge on any atom is -0.479 e. The van der Waals surface area contributed by atoms with Crippen LogP contribution in [0.2, 0.25) is 0 Å². The molecule has 0 bridgehead atoms. The lowest BCUT2D eigenvalue weighted by atomic mass is 9.89. The fourth-order valence-corrected chi connectivity index (χ4v) is 4.79. The van der Waals surface area contributed by atoms with Gasteiger partial charge in [0, 0.05) is 0 Å². The Morgan fingerprint density at radius 1 is 1.25 bits per heavy atom. The van der Waals surface area contributed by atoms with E-state index < -0.39 is 36.7 Å². The fourth-order valence-electron chi connectivity index (χ4n) is 4.79. The van der Waals surface area contributed by atoms with Crippen LogP contribution >= 0.6 is 0 Å². The summed E-state index contributed by atoms with van der Waals surface area (Å²) in [5.41, 5.74) is 6.06. The van der Waals surface area contributed by atoms with E-state index in [1.807, 2.05) is 0 Å². The molecule has 0 unspecified atom stereocenters. The summed E-state index contributed by atoms with van der Waals surface area (Å²) in [5, 5.41) is 11.8. The lowest BCUT2D eigenvalue weighted by Gasteiger charge is -2.36. The number of likely N-dealkylation sites (tertiary alicyclic amines) is 1. The van der Waals surface area contributed by atoms with Gasteiger partial charge < -0.3 is 15.4 Å². The van der Waals surface area contributed by atoms with Crippen molar-refractivity contribution in [3.63, 3.8) is 0 Å². The molecule has 5 rings (SSSR count). The fraction of sp³-hybridized carbons (Fsp3) is 0.455. The molecule has 36 heavy (non-hydrogen) atoms. The molecular formula is C22H23F5N8O. The third-order valence-corrected chi connectivity index (χ3v) is 6.57. The van der Waals surface area contributed by atoms with Crippen molar-refractivity contribution in [3.05, 3.63) is 29.7 Å². The van der Waals surface area contributed by atoms with Crippen molar-refractivity contribution in [2.45, 2.75) is 37.7 Å². The van der Waals surface area contributed by atoms with Crippen molar-refractivity contribution in [3.8, 4) is 17.0 Å². The average molecular weight is 510 g/mol. The summed E-state index contributed by atoms with van der Waals surface area (Å²) in [6, 6.07) is 3.12. The Morgan fingerprint density at radius 3 is 2.67 bits per heavy atom. The number of fused-ring (bicyclic) bond motifs is 2. The Bertz CT molecular complexity index is 1450. The van der Waals surface area contributed by atoms with Crippen LogP contribution in [0.5, 0.6) is 5.88 Å². The topological polar surface area (TPSA) is 99.4 Å². The van der Waals surface area contributed by atoms with Gasteiger partial charge in [-0.1, -0.05) is 11.3 Å². The molecule has 2 atom stereocenters. The monoisotopic (exact) mass is 510 g/mol. The van der Waals surface area contributed by atoms with E-state index in [0.717, 1.165) is 9.20 Å². The maximum Gasteiger partial charge on any atom is 0.268 e. The predicted molar refractivity (Wildman–Crippen MR) is 121 cm³/mol. The largest absolute Gasteiger partial charge is 0.479 e. The van der Waals surface area contributed by atoms with E-state index in [1.165, 1.54) is 37.1 Å². The Labute approximate surface area is 201 Å². The lowest BCUT2D eigenvalue weighted by Crippen LogP contribution is -2.46. The van der Waals surface area contributed by atoms with E-state index in [4.69, 9.17) is 10.5 Å². The maximum absolute atomic E-state index is 16.3. The first-order chi connectivity index (χ1) is 17.0. The van der Waals surface area contributed by atoms with E-state index in [0.29, 0.717) is 12.1 Å². The molecule has 0 aliphatic carbocycles. The summed E-state index contributed by atoms with van der Waals surface area (Å²) in [6.45, 7) is 1.04. The molecule has 0 saturated carbocycles. The third-order valence-electron chi connectivity index (χ3n) is 6.57. The van der Waals surface area contributed by atoms with Crippen LogP contribution in [0.1, 0.15) is 31.0 Å². The SMILES string of the molecule is COc1nc(N)nn2c([C@H]3CCN(C)CC3(F)F)c(F)c(-c3ccc4nnn([C@@H](C)C(F)F)c4c3)c12. The zero-order valence-corrected chi connectivity index (χ0v) is 19.6. The molecule has 0 spiro atoms. The molecule has 4 heterocycles. The zero-order valence-electron chi connectivity index (χ0n) is 19.6. The number of nitrogen functional groups attached to an aromatic ring is 1. The van der Waals surface area contributed by atoms with Crippen molar-refractivity contribution in [1.82, 2.24) is 34.5 Å². The number of rotatable bonds is 5. The highest BCUT2D eigenvalue weighted by molar-refractivity contribution is 5.90. The molecule has 1 fully saturated rings. The van der Waals surface area contributed by atoms with Gasteiger partial charge in [-0.25, -0.2) is 31.1 Å². The number of aromatic nitrogens is 6. The number of benzene rings is 1. The van der Waals surface area contributed by atoms with Gasteiger partial charge in [0.1, 0.15) is 17.1 Å². The van der Waals surface area contributed by atoms with E-state index in [1.54, 1.807) is 7.05 Å². The summed E-state index contributed by atoms with van der Waals surface area (Å²) in [7, 11) is 2.85. The second kappa shape index (κ2) is 8.54.